The van der Waals surface area contributed by atoms with E-state index in [1.165, 1.54) is 4.90 Å². The molecule has 0 unspecified atom stereocenters. The Kier molecular flexibility index (Phi) is 8.38. The molecule has 2 N–H and O–H groups in total. The number of aromatic nitrogens is 3. The van der Waals surface area contributed by atoms with Crippen LogP contribution in [0.2, 0.25) is 0 Å². The summed E-state index contributed by atoms with van der Waals surface area (Å²) >= 11 is 0. The number of hydrogen-bond acceptors (Lipinski definition) is 8. The van der Waals surface area contributed by atoms with Crippen molar-refractivity contribution in [3.8, 4) is 11.8 Å². The van der Waals surface area contributed by atoms with E-state index in [0.29, 0.717) is 28.8 Å². The van der Waals surface area contributed by atoms with Crippen molar-refractivity contribution in [2.75, 3.05) is 62.0 Å². The SMILES string of the molecule is CN(C(=O)Nc1cccc(C#Cc2cnc(NCCN3CCOCC3)nc2)c1)c1cc(C(C)(C)C)on1. The fourth-order valence-corrected chi connectivity index (χ4v) is 3.54. The summed E-state index contributed by atoms with van der Waals surface area (Å²) in [5.41, 5.74) is 1.89. The molecule has 0 saturated carbocycles. The molecule has 3 heterocycles. The first kappa shape index (κ1) is 26.1. The van der Waals surface area contributed by atoms with Gasteiger partial charge in [-0.05, 0) is 18.2 Å². The van der Waals surface area contributed by atoms with E-state index >= 15 is 0 Å². The Morgan fingerprint density at radius 3 is 2.54 bits per heavy atom. The van der Waals surface area contributed by atoms with Gasteiger partial charge in [0.05, 0.1) is 18.8 Å². The summed E-state index contributed by atoms with van der Waals surface area (Å²) in [5, 5.41) is 10.1. The minimum atomic E-state index is -0.330. The largest absolute Gasteiger partial charge is 0.379 e. The number of urea groups is 1. The molecule has 2 aromatic heterocycles. The van der Waals surface area contributed by atoms with Gasteiger partial charge in [-0.25, -0.2) is 14.8 Å². The fraction of sp³-hybridized carbons (Fsp3) is 0.407. The first-order valence-electron chi connectivity index (χ1n) is 12.3. The Bertz CT molecular complexity index is 1250. The molecule has 3 aromatic rings. The number of anilines is 3. The Balaban J connectivity index is 1.31. The van der Waals surface area contributed by atoms with Gasteiger partial charge in [0, 0.05) is 68.4 Å². The number of ether oxygens (including phenoxy) is 1. The van der Waals surface area contributed by atoms with Gasteiger partial charge in [-0.2, -0.15) is 0 Å². The number of morpholine rings is 1. The summed E-state index contributed by atoms with van der Waals surface area (Å²) in [5.74, 6) is 7.90. The van der Waals surface area contributed by atoms with E-state index in [1.54, 1.807) is 31.6 Å². The molecule has 37 heavy (non-hydrogen) atoms. The van der Waals surface area contributed by atoms with Crippen LogP contribution in [0.4, 0.5) is 22.2 Å². The standard InChI is InChI=1S/C27H33N7O3/c1-27(2,3)23-17-24(32-37-23)33(4)26(35)31-22-7-5-6-20(16-22)8-9-21-18-29-25(30-19-21)28-10-11-34-12-14-36-15-13-34/h5-7,16-19H,10-15H2,1-4H3,(H,31,35)(H,28,29,30). The highest BCUT2D eigenvalue weighted by Crippen LogP contribution is 2.26. The van der Waals surface area contributed by atoms with Gasteiger partial charge in [0.1, 0.15) is 5.76 Å². The second-order valence-electron chi connectivity index (χ2n) is 9.80. The van der Waals surface area contributed by atoms with Crippen LogP contribution in [-0.2, 0) is 10.2 Å². The number of benzene rings is 1. The Morgan fingerprint density at radius 2 is 1.84 bits per heavy atom. The second kappa shape index (κ2) is 11.9. The van der Waals surface area contributed by atoms with Gasteiger partial charge in [-0.15, -0.1) is 0 Å². The third-order valence-corrected chi connectivity index (χ3v) is 5.82. The molecule has 0 radical (unpaired) electrons. The van der Waals surface area contributed by atoms with Gasteiger partial charge in [-0.3, -0.25) is 9.80 Å². The Hall–Kier alpha value is -3.94. The van der Waals surface area contributed by atoms with Gasteiger partial charge in [0.15, 0.2) is 5.82 Å². The van der Waals surface area contributed by atoms with E-state index in [4.69, 9.17) is 9.26 Å². The van der Waals surface area contributed by atoms with Gasteiger partial charge in [0.2, 0.25) is 5.95 Å². The highest BCUT2D eigenvalue weighted by atomic mass is 16.5. The number of nitrogens with one attached hydrogen (secondary N) is 2. The summed E-state index contributed by atoms with van der Waals surface area (Å²) in [4.78, 5) is 25.2. The van der Waals surface area contributed by atoms with Gasteiger partial charge >= 0.3 is 6.03 Å². The lowest BCUT2D eigenvalue weighted by molar-refractivity contribution is 0.0398. The van der Waals surface area contributed by atoms with Gasteiger partial charge in [-0.1, -0.05) is 43.8 Å². The van der Waals surface area contributed by atoms with Crippen LogP contribution in [0.3, 0.4) is 0 Å². The lowest BCUT2D eigenvalue weighted by atomic mass is 9.93. The predicted molar refractivity (Wildman–Crippen MR) is 143 cm³/mol. The monoisotopic (exact) mass is 503 g/mol. The average Bonchev–Trinajstić information content (AvgIpc) is 3.40. The molecule has 0 aliphatic carbocycles. The molecule has 4 rings (SSSR count). The minimum absolute atomic E-state index is 0.194. The molecule has 0 spiro atoms. The number of carbonyl (C=O) groups excluding carboxylic acids is 1. The molecule has 1 aliphatic heterocycles. The van der Waals surface area contributed by atoms with Crippen molar-refractivity contribution < 1.29 is 14.1 Å². The van der Waals surface area contributed by atoms with Crippen molar-refractivity contribution >= 4 is 23.5 Å². The molecule has 0 bridgehead atoms. The number of nitrogens with zero attached hydrogens (tertiary/aromatic N) is 5. The summed E-state index contributed by atoms with van der Waals surface area (Å²) in [7, 11) is 1.64. The predicted octanol–water partition coefficient (Wildman–Crippen LogP) is 3.57. The summed E-state index contributed by atoms with van der Waals surface area (Å²) in [6.45, 7) is 11.3. The highest BCUT2D eigenvalue weighted by Gasteiger charge is 2.23. The Morgan fingerprint density at radius 1 is 1.11 bits per heavy atom. The zero-order valence-electron chi connectivity index (χ0n) is 21.7. The van der Waals surface area contributed by atoms with Crippen molar-refractivity contribution in [3.63, 3.8) is 0 Å². The first-order valence-corrected chi connectivity index (χ1v) is 12.3. The van der Waals surface area contributed by atoms with Crippen LogP contribution in [0.25, 0.3) is 0 Å². The van der Waals surface area contributed by atoms with Gasteiger partial charge < -0.3 is 19.9 Å². The molecule has 1 aliphatic rings. The maximum Gasteiger partial charge on any atom is 0.327 e. The lowest BCUT2D eigenvalue weighted by Gasteiger charge is -2.26. The van der Waals surface area contributed by atoms with E-state index in [0.717, 1.165) is 45.0 Å². The maximum atomic E-state index is 12.7. The molecule has 1 saturated heterocycles. The molecule has 10 nitrogen and oxygen atoms in total. The van der Waals surface area contributed by atoms with Crippen LogP contribution in [0.15, 0.2) is 47.2 Å². The number of amides is 2. The highest BCUT2D eigenvalue weighted by molar-refractivity contribution is 6.00. The second-order valence-corrected chi connectivity index (χ2v) is 9.80. The summed E-state index contributed by atoms with van der Waals surface area (Å²) < 4.78 is 10.8. The molecule has 194 valence electrons. The third-order valence-electron chi connectivity index (χ3n) is 5.82. The van der Waals surface area contributed by atoms with Crippen molar-refractivity contribution in [2.45, 2.75) is 26.2 Å². The van der Waals surface area contributed by atoms with E-state index in [9.17, 15) is 4.79 Å². The maximum absolute atomic E-state index is 12.7. The normalized spacial score (nSPS) is 13.9. The number of hydrogen-bond donors (Lipinski definition) is 2. The van der Waals surface area contributed by atoms with Crippen LogP contribution in [0, 0.1) is 11.8 Å². The number of rotatable bonds is 6. The molecule has 0 atom stereocenters. The van der Waals surface area contributed by atoms with Crippen LogP contribution >= 0.6 is 0 Å². The van der Waals surface area contributed by atoms with Crippen LogP contribution in [0.1, 0.15) is 37.7 Å². The van der Waals surface area contributed by atoms with Crippen LogP contribution < -0.4 is 15.5 Å². The lowest BCUT2D eigenvalue weighted by Crippen LogP contribution is -2.39. The Labute approximate surface area is 217 Å². The fourth-order valence-electron chi connectivity index (χ4n) is 3.54. The van der Waals surface area contributed by atoms with Crippen molar-refractivity contribution in [1.82, 2.24) is 20.0 Å². The topological polar surface area (TPSA) is 109 Å². The summed E-state index contributed by atoms with van der Waals surface area (Å²) in [6.07, 6.45) is 3.39. The quantitative estimate of drug-likeness (QED) is 0.492. The molecular weight excluding hydrogens is 470 g/mol. The molecule has 10 heteroatoms. The zero-order valence-corrected chi connectivity index (χ0v) is 21.7. The van der Waals surface area contributed by atoms with E-state index < -0.39 is 0 Å². The van der Waals surface area contributed by atoms with E-state index in [1.807, 2.05) is 39.0 Å². The van der Waals surface area contributed by atoms with E-state index in [2.05, 4.69) is 42.5 Å². The minimum Gasteiger partial charge on any atom is -0.379 e. The number of carbonyl (C=O) groups is 1. The third kappa shape index (κ3) is 7.52. The van der Waals surface area contributed by atoms with Crippen molar-refractivity contribution in [2.24, 2.45) is 0 Å². The van der Waals surface area contributed by atoms with Gasteiger partial charge in [0.25, 0.3) is 0 Å². The van der Waals surface area contributed by atoms with Crippen LogP contribution in [-0.4, -0.2) is 72.5 Å². The zero-order chi connectivity index (χ0) is 26.3. The average molecular weight is 504 g/mol. The summed E-state index contributed by atoms with van der Waals surface area (Å²) in [6, 6.07) is 8.77. The van der Waals surface area contributed by atoms with Crippen molar-refractivity contribution in [3.05, 3.63) is 59.6 Å². The van der Waals surface area contributed by atoms with Crippen LogP contribution in [0.5, 0.6) is 0 Å². The molecule has 1 fully saturated rings. The molecule has 2 amide bonds. The molecule has 1 aromatic carbocycles. The molecular formula is C27H33N7O3. The smallest absolute Gasteiger partial charge is 0.327 e. The first-order chi connectivity index (χ1) is 17.8. The van der Waals surface area contributed by atoms with Crippen molar-refractivity contribution in [1.29, 1.82) is 0 Å². The van der Waals surface area contributed by atoms with E-state index in [-0.39, 0.29) is 11.4 Å².